The molecule has 20 N–H and O–H groups in total. The fraction of sp³-hybridized carbons (Fsp3) is 0.658. The third-order valence-electron chi connectivity index (χ3n) is 9.33. The molecule has 0 aromatic rings. The predicted molar refractivity (Wildman–Crippen MR) is 231 cm³/mol. The van der Waals surface area contributed by atoms with Crippen molar-refractivity contribution in [2.75, 3.05) is 6.54 Å². The van der Waals surface area contributed by atoms with Crippen molar-refractivity contribution in [1.29, 1.82) is 5.41 Å². The molecule has 0 aromatic heterocycles. The predicted octanol–water partition coefficient (Wildman–Crippen LogP) is -4.75. The summed E-state index contributed by atoms with van der Waals surface area (Å²) in [6.45, 7) is 4.09. The van der Waals surface area contributed by atoms with E-state index in [9.17, 15) is 57.8 Å². The minimum Gasteiger partial charge on any atom is -0.481 e. The number of hydrogen-bond donors (Lipinski definition) is 15. The highest BCUT2D eigenvalue weighted by Crippen LogP contribution is 2.10. The maximum Gasteiger partial charge on any atom is 0.303 e. The zero-order valence-electron chi connectivity index (χ0n) is 36.9. The van der Waals surface area contributed by atoms with E-state index in [0.717, 1.165) is 6.92 Å². The molecule has 0 saturated carbocycles. The number of aliphatic carboxylic acids is 2. The molecule has 0 rings (SSSR count). The highest BCUT2D eigenvalue weighted by molar-refractivity contribution is 5.98. The van der Waals surface area contributed by atoms with Crippen LogP contribution in [0.4, 0.5) is 0 Å². The van der Waals surface area contributed by atoms with Crippen molar-refractivity contribution >= 4 is 76.9 Å². The standard InChI is InChI=1S/C38H66N14O13/c1-4-8-21(48-37(65)26(14-17-30(57)58)52-35(63)24(47-20(3)53)13-16-29(55)56)33(61)51-25(12-15-28(41)54)36(64)49-22(9-5-6-11-27(39)40)34(62)50-23(10-7-18-45-38(43)44)32(60)46-19(2)31(42)59/h19,21-26H,4-18H2,1-3H3,(H3,39,40)(H2,41,54)(H2,42,59)(H,46,60)(H,47,53)(H,48,65)(H,49,64)(H,50,62)(H,51,61)(H,52,63)(H,55,56)(H,57,58)(H4,43,44,45). The van der Waals surface area contributed by atoms with Crippen LogP contribution in [-0.4, -0.2) is 136 Å². The van der Waals surface area contributed by atoms with Crippen molar-refractivity contribution in [3.05, 3.63) is 0 Å². The number of carbonyl (C=O) groups excluding carboxylic acids is 9. The molecule has 0 aromatic carbocycles. The summed E-state index contributed by atoms with van der Waals surface area (Å²) in [5.74, 6) is -11.1. The molecule has 0 aliphatic heterocycles. The van der Waals surface area contributed by atoms with Gasteiger partial charge in [0.1, 0.15) is 42.3 Å². The number of nitrogens with two attached hydrogens (primary N) is 5. The van der Waals surface area contributed by atoms with E-state index in [1.807, 2.05) is 0 Å². The molecular weight excluding hydrogens is 861 g/mol. The molecule has 7 atom stereocenters. The highest BCUT2D eigenvalue weighted by atomic mass is 16.4. The summed E-state index contributed by atoms with van der Waals surface area (Å²) in [6.07, 6.45) is -2.03. The molecule has 65 heavy (non-hydrogen) atoms. The second-order valence-electron chi connectivity index (χ2n) is 15.1. The van der Waals surface area contributed by atoms with Crippen molar-refractivity contribution in [3.63, 3.8) is 0 Å². The first-order valence-corrected chi connectivity index (χ1v) is 20.9. The zero-order chi connectivity index (χ0) is 49.8. The van der Waals surface area contributed by atoms with Crippen molar-refractivity contribution in [2.24, 2.45) is 33.7 Å². The Labute approximate surface area is 375 Å². The summed E-state index contributed by atoms with van der Waals surface area (Å²) in [7, 11) is 0. The number of aliphatic imine (C=N–C) groups is 1. The van der Waals surface area contributed by atoms with E-state index >= 15 is 0 Å². The Balaban J connectivity index is 6.65. The van der Waals surface area contributed by atoms with E-state index in [1.165, 1.54) is 6.92 Å². The Kier molecular flexibility index (Phi) is 27.5. The van der Waals surface area contributed by atoms with Crippen LogP contribution in [0.25, 0.3) is 0 Å². The first-order valence-electron chi connectivity index (χ1n) is 20.9. The summed E-state index contributed by atoms with van der Waals surface area (Å²) in [4.78, 5) is 143. The van der Waals surface area contributed by atoms with Gasteiger partial charge in [-0.2, -0.15) is 0 Å². The molecule has 0 radical (unpaired) electrons. The van der Waals surface area contributed by atoms with Crippen LogP contribution in [0.3, 0.4) is 0 Å². The molecular formula is C38H66N14O13. The summed E-state index contributed by atoms with van der Waals surface area (Å²) in [5, 5.41) is 42.8. The molecule has 0 aliphatic rings. The van der Waals surface area contributed by atoms with Gasteiger partial charge in [0.05, 0.1) is 5.84 Å². The Morgan fingerprint density at radius 3 is 1.23 bits per heavy atom. The van der Waals surface area contributed by atoms with Gasteiger partial charge in [0, 0.05) is 39.2 Å². The van der Waals surface area contributed by atoms with Gasteiger partial charge in [0.15, 0.2) is 5.96 Å². The number of rotatable bonds is 34. The summed E-state index contributed by atoms with van der Waals surface area (Å²) >= 11 is 0. The highest BCUT2D eigenvalue weighted by Gasteiger charge is 2.34. The SMILES string of the molecule is CCCC(NC(=O)C(CCC(=O)O)NC(=O)C(CCC(=O)O)NC(C)=O)C(=O)NC(CCC(N)=O)C(=O)NC(CCCCC(=N)N)C(=O)NC(CCCN=C(N)N)C(=O)NC(C)C(N)=O. The summed E-state index contributed by atoms with van der Waals surface area (Å²) in [5.41, 5.74) is 26.9. The van der Waals surface area contributed by atoms with Gasteiger partial charge in [-0.05, 0) is 58.3 Å². The van der Waals surface area contributed by atoms with E-state index in [-0.39, 0.29) is 69.7 Å². The first kappa shape index (κ1) is 57.9. The number of carbonyl (C=O) groups is 11. The molecule has 27 nitrogen and oxygen atoms in total. The summed E-state index contributed by atoms with van der Waals surface area (Å²) < 4.78 is 0. The van der Waals surface area contributed by atoms with Gasteiger partial charge >= 0.3 is 11.9 Å². The third kappa shape index (κ3) is 26.2. The number of nitrogens with one attached hydrogen (secondary N) is 8. The van der Waals surface area contributed by atoms with Crippen molar-refractivity contribution in [2.45, 2.75) is 153 Å². The van der Waals surface area contributed by atoms with E-state index < -0.39 is 140 Å². The zero-order valence-corrected chi connectivity index (χ0v) is 36.9. The van der Waals surface area contributed by atoms with Crippen LogP contribution in [-0.2, 0) is 52.7 Å². The van der Waals surface area contributed by atoms with Crippen molar-refractivity contribution in [3.8, 4) is 0 Å². The monoisotopic (exact) mass is 926 g/mol. The number of amides is 9. The molecule has 0 bridgehead atoms. The maximum absolute atomic E-state index is 13.9. The van der Waals surface area contributed by atoms with E-state index in [2.05, 4.69) is 42.2 Å². The number of nitrogens with zero attached hydrogens (tertiary/aromatic N) is 1. The van der Waals surface area contributed by atoms with Crippen LogP contribution in [0.15, 0.2) is 4.99 Å². The Morgan fingerprint density at radius 1 is 0.508 bits per heavy atom. The normalized spacial score (nSPS) is 13.9. The van der Waals surface area contributed by atoms with Crippen molar-refractivity contribution < 1.29 is 63.0 Å². The number of primary amides is 2. The molecule has 27 heteroatoms. The van der Waals surface area contributed by atoms with E-state index in [0.29, 0.717) is 6.42 Å². The lowest BCUT2D eigenvalue weighted by Crippen LogP contribution is -2.60. The fourth-order valence-electron chi connectivity index (χ4n) is 5.88. The molecule has 0 fully saturated rings. The van der Waals surface area contributed by atoms with Crippen LogP contribution >= 0.6 is 0 Å². The fourth-order valence-corrected chi connectivity index (χ4v) is 5.88. The third-order valence-corrected chi connectivity index (χ3v) is 9.33. The lowest BCUT2D eigenvalue weighted by Gasteiger charge is -2.27. The largest absolute Gasteiger partial charge is 0.481 e. The number of unbranched alkanes of at least 4 members (excludes halogenated alkanes) is 1. The van der Waals surface area contributed by atoms with Crippen molar-refractivity contribution in [1.82, 2.24) is 37.2 Å². The topological polar surface area (TPSA) is 479 Å². The lowest BCUT2D eigenvalue weighted by molar-refractivity contribution is -0.140. The van der Waals surface area contributed by atoms with Gasteiger partial charge in [0.25, 0.3) is 0 Å². The van der Waals surface area contributed by atoms with Crippen LogP contribution in [0.5, 0.6) is 0 Å². The van der Waals surface area contributed by atoms with Crippen LogP contribution in [0.1, 0.15) is 111 Å². The van der Waals surface area contributed by atoms with Gasteiger partial charge in [0.2, 0.25) is 53.2 Å². The molecule has 0 spiro atoms. The van der Waals surface area contributed by atoms with Crippen LogP contribution < -0.4 is 65.9 Å². The number of carboxylic acid groups (broad SMARTS) is 2. The summed E-state index contributed by atoms with van der Waals surface area (Å²) in [6, 6.07) is -9.90. The maximum atomic E-state index is 13.9. The lowest BCUT2D eigenvalue weighted by atomic mass is 10.0. The van der Waals surface area contributed by atoms with Gasteiger partial charge in [-0.1, -0.05) is 19.8 Å². The second kappa shape index (κ2) is 30.9. The molecule has 0 heterocycles. The minimum absolute atomic E-state index is 0.0475. The van der Waals surface area contributed by atoms with Crippen LogP contribution in [0, 0.1) is 5.41 Å². The smallest absolute Gasteiger partial charge is 0.303 e. The van der Waals surface area contributed by atoms with Gasteiger partial charge < -0.3 is 76.1 Å². The second-order valence-corrected chi connectivity index (χ2v) is 15.1. The Bertz CT molecular complexity index is 1740. The van der Waals surface area contributed by atoms with Crippen LogP contribution in [0.2, 0.25) is 0 Å². The molecule has 9 amide bonds. The molecule has 0 aliphatic carbocycles. The number of amidine groups is 1. The Morgan fingerprint density at radius 2 is 0.877 bits per heavy atom. The average molecular weight is 927 g/mol. The average Bonchev–Trinajstić information content (AvgIpc) is 3.20. The minimum atomic E-state index is -1.61. The number of guanidine groups is 1. The number of hydrogen-bond acceptors (Lipinski definition) is 13. The van der Waals surface area contributed by atoms with Gasteiger partial charge in [-0.25, -0.2) is 0 Å². The Hall–Kier alpha value is -7.09. The number of carboxylic acids is 2. The van der Waals surface area contributed by atoms with Gasteiger partial charge in [-0.15, -0.1) is 0 Å². The molecule has 0 saturated heterocycles. The van der Waals surface area contributed by atoms with E-state index in [4.69, 9.17) is 39.2 Å². The van der Waals surface area contributed by atoms with E-state index in [1.54, 1.807) is 6.92 Å². The first-order chi connectivity index (χ1) is 30.4. The van der Waals surface area contributed by atoms with Gasteiger partial charge in [-0.3, -0.25) is 63.1 Å². The quantitative estimate of drug-likeness (QED) is 0.0164. The molecule has 366 valence electrons. The molecule has 7 unspecified atom stereocenters.